The lowest BCUT2D eigenvalue weighted by atomic mass is 9.84. The minimum Gasteiger partial charge on any atom is -0.488 e. The van der Waals surface area contributed by atoms with E-state index < -0.39 is 17.3 Å². The summed E-state index contributed by atoms with van der Waals surface area (Å²) in [6.45, 7) is 9.41. The minimum absolute atomic E-state index is 0. The van der Waals surface area contributed by atoms with Gasteiger partial charge in [0, 0.05) is 31.7 Å². The maximum absolute atomic E-state index is 13.6. The van der Waals surface area contributed by atoms with Crippen LogP contribution in [0.25, 0.3) is 0 Å². The Bertz CT molecular complexity index is 746. The van der Waals surface area contributed by atoms with Crippen molar-refractivity contribution in [3.05, 3.63) is 29.3 Å². The second-order valence-electron chi connectivity index (χ2n) is 8.86. The van der Waals surface area contributed by atoms with Gasteiger partial charge in [-0.05, 0) is 58.2 Å². The van der Waals surface area contributed by atoms with Crippen LogP contribution in [0.2, 0.25) is 0 Å². The van der Waals surface area contributed by atoms with Crippen LogP contribution in [0.4, 0.5) is 13.2 Å². The lowest BCUT2D eigenvalue weighted by molar-refractivity contribution is -0.138. The fourth-order valence-corrected chi connectivity index (χ4v) is 3.46. The number of halogens is 4. The number of ether oxygens (including phenoxy) is 2. The van der Waals surface area contributed by atoms with E-state index in [0.717, 1.165) is 12.5 Å². The molecule has 32 heavy (non-hydrogen) atoms. The molecule has 1 aliphatic heterocycles. The van der Waals surface area contributed by atoms with Gasteiger partial charge in [0.25, 0.3) is 0 Å². The largest absolute Gasteiger partial charge is 0.488 e. The van der Waals surface area contributed by atoms with Crippen molar-refractivity contribution in [2.24, 2.45) is 10.4 Å². The van der Waals surface area contributed by atoms with Crippen LogP contribution in [0.5, 0.6) is 5.75 Å². The van der Waals surface area contributed by atoms with Gasteiger partial charge in [0.1, 0.15) is 11.4 Å². The van der Waals surface area contributed by atoms with E-state index >= 15 is 0 Å². The first-order valence-corrected chi connectivity index (χ1v) is 10.6. The van der Waals surface area contributed by atoms with Crippen LogP contribution in [0.1, 0.15) is 51.7 Å². The average Bonchev–Trinajstić information content (AvgIpc) is 3.12. The number of guanidine groups is 1. The quantitative estimate of drug-likeness (QED) is 0.245. The van der Waals surface area contributed by atoms with E-state index in [1.54, 1.807) is 20.8 Å². The summed E-state index contributed by atoms with van der Waals surface area (Å²) in [7, 11) is 0. The van der Waals surface area contributed by atoms with Crippen molar-refractivity contribution >= 4 is 29.9 Å². The van der Waals surface area contributed by atoms with Crippen molar-refractivity contribution in [2.45, 2.75) is 58.9 Å². The monoisotopic (exact) mass is 573 g/mol. The summed E-state index contributed by atoms with van der Waals surface area (Å²) in [5.41, 5.74) is -1.48. The molecule has 1 saturated heterocycles. The van der Waals surface area contributed by atoms with Crippen molar-refractivity contribution < 1.29 is 27.8 Å². The zero-order valence-electron chi connectivity index (χ0n) is 19.1. The normalized spacial score (nSPS) is 19.4. The molecular weight excluding hydrogens is 538 g/mol. The summed E-state index contributed by atoms with van der Waals surface area (Å²) in [6, 6.07) is 3.98. The highest BCUT2D eigenvalue weighted by Crippen LogP contribution is 2.35. The van der Waals surface area contributed by atoms with E-state index in [0.29, 0.717) is 38.7 Å². The summed E-state index contributed by atoms with van der Waals surface area (Å²) in [5.74, 6) is 0.597. The summed E-state index contributed by atoms with van der Waals surface area (Å²) < 4.78 is 52.0. The molecular formula is C22H35F3IN3O3. The van der Waals surface area contributed by atoms with Crippen LogP contribution in [-0.2, 0) is 17.5 Å². The molecule has 1 fully saturated rings. The van der Waals surface area contributed by atoms with Crippen LogP contribution in [-0.4, -0.2) is 49.6 Å². The van der Waals surface area contributed by atoms with Crippen molar-refractivity contribution in [3.63, 3.8) is 0 Å². The number of rotatable bonds is 8. The summed E-state index contributed by atoms with van der Waals surface area (Å²) in [6.07, 6.45) is -3.11. The van der Waals surface area contributed by atoms with Crippen molar-refractivity contribution in [1.29, 1.82) is 0 Å². The van der Waals surface area contributed by atoms with E-state index in [2.05, 4.69) is 15.6 Å². The minimum atomic E-state index is -4.51. The Morgan fingerprint density at radius 1 is 1.25 bits per heavy atom. The molecule has 1 aromatic carbocycles. The molecule has 0 aromatic heterocycles. The maximum Gasteiger partial charge on any atom is 0.416 e. The summed E-state index contributed by atoms with van der Waals surface area (Å²) in [5, 5.41) is 15.6. The highest BCUT2D eigenvalue weighted by molar-refractivity contribution is 14.0. The van der Waals surface area contributed by atoms with E-state index in [-0.39, 0.29) is 53.9 Å². The Kier molecular flexibility index (Phi) is 11.0. The molecule has 0 saturated carbocycles. The number of benzene rings is 1. The second-order valence-corrected chi connectivity index (χ2v) is 8.86. The van der Waals surface area contributed by atoms with E-state index in [1.165, 1.54) is 12.1 Å². The first-order chi connectivity index (χ1) is 14.5. The number of aliphatic imine (C=N–C) groups is 1. The van der Waals surface area contributed by atoms with Crippen LogP contribution >= 0.6 is 24.0 Å². The number of aliphatic hydroxyl groups is 1. The van der Waals surface area contributed by atoms with Crippen LogP contribution < -0.4 is 15.4 Å². The van der Waals surface area contributed by atoms with E-state index in [9.17, 15) is 18.3 Å². The molecule has 1 aliphatic rings. The molecule has 3 N–H and O–H groups in total. The van der Waals surface area contributed by atoms with Crippen molar-refractivity contribution in [3.8, 4) is 5.75 Å². The van der Waals surface area contributed by atoms with Crippen LogP contribution in [0.3, 0.4) is 0 Å². The molecule has 0 spiro atoms. The van der Waals surface area contributed by atoms with Gasteiger partial charge in [-0.1, -0.05) is 6.07 Å². The van der Waals surface area contributed by atoms with E-state index in [1.807, 2.05) is 6.92 Å². The van der Waals surface area contributed by atoms with E-state index in [4.69, 9.17) is 9.47 Å². The van der Waals surface area contributed by atoms with Gasteiger partial charge in [0.2, 0.25) is 0 Å². The van der Waals surface area contributed by atoms with Gasteiger partial charge in [-0.3, -0.25) is 0 Å². The highest BCUT2D eigenvalue weighted by atomic mass is 127. The third-order valence-electron chi connectivity index (χ3n) is 5.02. The third kappa shape index (κ3) is 8.93. The summed E-state index contributed by atoms with van der Waals surface area (Å²) >= 11 is 0. The molecule has 0 amide bonds. The fraction of sp³-hybridized carbons (Fsp3) is 0.682. The van der Waals surface area contributed by atoms with Gasteiger partial charge in [-0.2, -0.15) is 13.2 Å². The zero-order chi connectivity index (χ0) is 23.1. The Morgan fingerprint density at radius 2 is 1.97 bits per heavy atom. The Hall–Kier alpha value is -1.27. The predicted octanol–water partition coefficient (Wildman–Crippen LogP) is 4.34. The lowest BCUT2D eigenvalue weighted by Crippen LogP contribution is -2.44. The highest BCUT2D eigenvalue weighted by Gasteiger charge is 2.35. The van der Waals surface area contributed by atoms with Gasteiger partial charge in [0.15, 0.2) is 5.96 Å². The van der Waals surface area contributed by atoms with Crippen LogP contribution in [0, 0.1) is 5.41 Å². The molecule has 1 atom stereocenters. The second kappa shape index (κ2) is 12.3. The topological polar surface area (TPSA) is 75.1 Å². The van der Waals surface area contributed by atoms with Gasteiger partial charge < -0.3 is 25.2 Å². The number of hydrogen-bond acceptors (Lipinski definition) is 4. The maximum atomic E-state index is 13.6. The van der Waals surface area contributed by atoms with Gasteiger partial charge in [-0.25, -0.2) is 4.99 Å². The van der Waals surface area contributed by atoms with Gasteiger partial charge in [0.05, 0.1) is 18.7 Å². The Labute approximate surface area is 205 Å². The lowest BCUT2D eigenvalue weighted by Gasteiger charge is -2.27. The van der Waals surface area contributed by atoms with Gasteiger partial charge in [-0.15, -0.1) is 24.0 Å². The molecule has 2 rings (SSSR count). The average molecular weight is 573 g/mol. The number of nitrogens with one attached hydrogen (secondary N) is 2. The molecule has 1 aromatic rings. The molecule has 0 bridgehead atoms. The fourth-order valence-electron chi connectivity index (χ4n) is 3.46. The molecule has 10 heteroatoms. The molecule has 0 aliphatic carbocycles. The number of aliphatic hydroxyl groups excluding tert-OH is 1. The van der Waals surface area contributed by atoms with Crippen LogP contribution in [0.15, 0.2) is 23.2 Å². The third-order valence-corrected chi connectivity index (χ3v) is 5.02. The molecule has 0 radical (unpaired) electrons. The molecule has 6 nitrogen and oxygen atoms in total. The smallest absolute Gasteiger partial charge is 0.416 e. The molecule has 1 unspecified atom stereocenters. The standard InChI is InChI=1S/C22H34F3N3O3.HI/c1-5-26-19(28-14-21(8-10-29)9-11-30-15-21)27-13-16-6-7-17(31-20(2,3)4)12-18(16)22(23,24)25;/h6-7,12,29H,5,8-11,13-15H2,1-4H3,(H2,26,27,28);1H. The summed E-state index contributed by atoms with van der Waals surface area (Å²) in [4.78, 5) is 4.36. The number of hydrogen-bond donors (Lipinski definition) is 3. The first kappa shape index (κ1) is 28.8. The van der Waals surface area contributed by atoms with Crippen molar-refractivity contribution in [2.75, 3.05) is 32.9 Å². The Balaban J connectivity index is 0.00000512. The number of alkyl halides is 3. The molecule has 184 valence electrons. The first-order valence-electron chi connectivity index (χ1n) is 10.6. The van der Waals surface area contributed by atoms with Gasteiger partial charge >= 0.3 is 6.18 Å². The number of nitrogens with zero attached hydrogens (tertiary/aromatic N) is 1. The predicted molar refractivity (Wildman–Crippen MR) is 130 cm³/mol. The molecule has 1 heterocycles. The SMILES string of the molecule is CCNC(=NCc1ccc(OC(C)(C)C)cc1C(F)(F)F)NCC1(CCO)CCOC1.I. The Morgan fingerprint density at radius 3 is 2.50 bits per heavy atom. The van der Waals surface area contributed by atoms with Crippen molar-refractivity contribution in [1.82, 2.24) is 10.6 Å². The zero-order valence-corrected chi connectivity index (χ0v) is 21.5.